The van der Waals surface area contributed by atoms with Crippen LogP contribution in [0.3, 0.4) is 0 Å². The number of ether oxygens (including phenoxy) is 1. The molecular weight excluding hydrogens is 248 g/mol. The number of nitrogens with zero attached hydrogens (tertiary/aromatic N) is 1. The first-order valence-electron chi connectivity index (χ1n) is 6.55. The normalized spacial score (nSPS) is 22.1. The van der Waals surface area contributed by atoms with E-state index in [9.17, 15) is 0 Å². The molecule has 2 unspecified atom stereocenters. The number of hydrogen-bond acceptors (Lipinski definition) is 3. The van der Waals surface area contributed by atoms with Crippen LogP contribution in [0.4, 0.5) is 0 Å². The van der Waals surface area contributed by atoms with Crippen molar-refractivity contribution < 1.29 is 4.74 Å². The number of rotatable bonds is 5. The summed E-state index contributed by atoms with van der Waals surface area (Å²) in [6, 6.07) is 7.55. The van der Waals surface area contributed by atoms with E-state index >= 15 is 0 Å². The van der Waals surface area contributed by atoms with Crippen molar-refractivity contribution in [3.63, 3.8) is 0 Å². The summed E-state index contributed by atoms with van der Waals surface area (Å²) in [7, 11) is 0. The van der Waals surface area contributed by atoms with E-state index in [-0.39, 0.29) is 6.04 Å². The molecule has 1 aromatic carbocycles. The van der Waals surface area contributed by atoms with E-state index in [4.69, 9.17) is 22.1 Å². The maximum absolute atomic E-state index is 6.20. The molecule has 1 aliphatic rings. The van der Waals surface area contributed by atoms with Gasteiger partial charge in [0.2, 0.25) is 0 Å². The number of halogens is 1. The van der Waals surface area contributed by atoms with E-state index in [1.54, 1.807) is 0 Å². The zero-order chi connectivity index (χ0) is 13.0. The Kier molecular flexibility index (Phi) is 4.87. The highest BCUT2D eigenvalue weighted by Crippen LogP contribution is 2.21. The van der Waals surface area contributed by atoms with E-state index < -0.39 is 0 Å². The third-order valence-electron chi connectivity index (χ3n) is 3.60. The molecule has 0 spiro atoms. The minimum Gasteiger partial charge on any atom is -0.492 e. The topological polar surface area (TPSA) is 38.5 Å². The van der Waals surface area contributed by atoms with Crippen LogP contribution in [0.1, 0.15) is 13.3 Å². The van der Waals surface area contributed by atoms with Gasteiger partial charge in [-0.05, 0) is 43.6 Å². The van der Waals surface area contributed by atoms with Crippen LogP contribution >= 0.6 is 11.6 Å². The van der Waals surface area contributed by atoms with Gasteiger partial charge in [0.15, 0.2) is 0 Å². The fraction of sp³-hybridized carbons (Fsp3) is 0.571. The lowest BCUT2D eigenvalue weighted by Crippen LogP contribution is -2.37. The summed E-state index contributed by atoms with van der Waals surface area (Å²) in [5.41, 5.74) is 6.20. The van der Waals surface area contributed by atoms with Crippen molar-refractivity contribution in [3.8, 4) is 5.75 Å². The van der Waals surface area contributed by atoms with Crippen molar-refractivity contribution in [1.29, 1.82) is 0 Å². The molecule has 1 heterocycles. The van der Waals surface area contributed by atoms with Crippen LogP contribution in [-0.4, -0.2) is 37.2 Å². The van der Waals surface area contributed by atoms with Crippen LogP contribution in [0.15, 0.2) is 24.3 Å². The van der Waals surface area contributed by atoms with E-state index in [0.29, 0.717) is 17.5 Å². The Morgan fingerprint density at radius 2 is 2.39 bits per heavy atom. The van der Waals surface area contributed by atoms with Gasteiger partial charge in [-0.3, -0.25) is 0 Å². The van der Waals surface area contributed by atoms with Crippen molar-refractivity contribution in [2.24, 2.45) is 11.7 Å². The summed E-state index contributed by atoms with van der Waals surface area (Å²) >= 11 is 5.91. The summed E-state index contributed by atoms with van der Waals surface area (Å²) in [6.45, 7) is 6.11. The Balaban J connectivity index is 1.80. The minimum absolute atomic E-state index is 0.0977. The molecule has 2 atom stereocenters. The van der Waals surface area contributed by atoms with Crippen molar-refractivity contribution in [2.75, 3.05) is 26.2 Å². The van der Waals surface area contributed by atoms with Gasteiger partial charge in [0, 0.05) is 17.6 Å². The molecule has 2 N–H and O–H groups in total. The van der Waals surface area contributed by atoms with Gasteiger partial charge in [0.1, 0.15) is 12.4 Å². The molecule has 0 aliphatic carbocycles. The Labute approximate surface area is 114 Å². The highest BCUT2D eigenvalue weighted by atomic mass is 35.5. The highest BCUT2D eigenvalue weighted by Gasteiger charge is 2.26. The minimum atomic E-state index is 0.0977. The van der Waals surface area contributed by atoms with Crippen molar-refractivity contribution in [3.05, 3.63) is 29.3 Å². The molecule has 1 aromatic rings. The van der Waals surface area contributed by atoms with Crippen LogP contribution in [0.25, 0.3) is 0 Å². The molecule has 1 fully saturated rings. The molecule has 4 heteroatoms. The second-order valence-corrected chi connectivity index (χ2v) is 5.31. The zero-order valence-corrected chi connectivity index (χ0v) is 11.6. The molecule has 0 saturated carbocycles. The lowest BCUT2D eigenvalue weighted by atomic mass is 10.0. The Morgan fingerprint density at radius 1 is 1.56 bits per heavy atom. The lowest BCUT2D eigenvalue weighted by Gasteiger charge is -2.20. The maximum atomic E-state index is 6.20. The number of likely N-dealkylation sites (tertiary alicyclic amines) is 1. The van der Waals surface area contributed by atoms with E-state index in [0.717, 1.165) is 25.4 Å². The molecule has 2 rings (SSSR count). The van der Waals surface area contributed by atoms with Gasteiger partial charge in [-0.25, -0.2) is 0 Å². The van der Waals surface area contributed by atoms with Gasteiger partial charge < -0.3 is 15.4 Å². The molecule has 1 aliphatic heterocycles. The lowest BCUT2D eigenvalue weighted by molar-refractivity contribution is 0.241. The summed E-state index contributed by atoms with van der Waals surface area (Å²) < 4.78 is 5.70. The summed E-state index contributed by atoms with van der Waals surface area (Å²) in [5.74, 6) is 1.34. The quantitative estimate of drug-likeness (QED) is 0.891. The largest absolute Gasteiger partial charge is 0.492 e. The van der Waals surface area contributed by atoms with Gasteiger partial charge in [-0.1, -0.05) is 24.6 Å². The van der Waals surface area contributed by atoms with Crippen LogP contribution < -0.4 is 10.5 Å². The van der Waals surface area contributed by atoms with Gasteiger partial charge in [-0.15, -0.1) is 0 Å². The first-order chi connectivity index (χ1) is 8.69. The zero-order valence-electron chi connectivity index (χ0n) is 10.8. The molecule has 3 nitrogen and oxygen atoms in total. The third-order valence-corrected chi connectivity index (χ3v) is 3.84. The van der Waals surface area contributed by atoms with Gasteiger partial charge >= 0.3 is 0 Å². The monoisotopic (exact) mass is 268 g/mol. The fourth-order valence-corrected chi connectivity index (χ4v) is 2.56. The van der Waals surface area contributed by atoms with Crippen LogP contribution in [0.2, 0.25) is 5.02 Å². The maximum Gasteiger partial charge on any atom is 0.120 e. The van der Waals surface area contributed by atoms with Crippen LogP contribution in [-0.2, 0) is 0 Å². The molecule has 100 valence electrons. The molecule has 0 aromatic heterocycles. The van der Waals surface area contributed by atoms with Crippen LogP contribution in [0, 0.1) is 5.92 Å². The number of nitrogens with two attached hydrogens (primary N) is 1. The Morgan fingerprint density at radius 3 is 3.06 bits per heavy atom. The number of hydrogen-bond donors (Lipinski definition) is 1. The SMILES string of the molecule is CCN1CCC(C(N)COc2cccc(Cl)c2)C1. The van der Waals surface area contributed by atoms with Gasteiger partial charge in [-0.2, -0.15) is 0 Å². The average Bonchev–Trinajstić information content (AvgIpc) is 2.85. The Bertz CT molecular complexity index is 386. The molecule has 0 amide bonds. The molecule has 0 bridgehead atoms. The number of benzene rings is 1. The van der Waals surface area contributed by atoms with Gasteiger partial charge in [0.05, 0.1) is 0 Å². The summed E-state index contributed by atoms with van der Waals surface area (Å²) in [5, 5.41) is 0.694. The van der Waals surface area contributed by atoms with E-state index in [1.807, 2.05) is 24.3 Å². The standard InChI is InChI=1S/C14H21ClN2O/c1-2-17-7-6-11(9-17)14(16)10-18-13-5-3-4-12(15)8-13/h3-5,8,11,14H,2,6-7,9-10,16H2,1H3. The summed E-state index contributed by atoms with van der Waals surface area (Å²) in [6.07, 6.45) is 1.17. The van der Waals surface area contributed by atoms with Gasteiger partial charge in [0.25, 0.3) is 0 Å². The third kappa shape index (κ3) is 3.61. The molecule has 1 saturated heterocycles. The van der Waals surface area contributed by atoms with Crippen molar-refractivity contribution in [2.45, 2.75) is 19.4 Å². The smallest absolute Gasteiger partial charge is 0.120 e. The highest BCUT2D eigenvalue weighted by molar-refractivity contribution is 6.30. The molecule has 0 radical (unpaired) electrons. The van der Waals surface area contributed by atoms with E-state index in [1.165, 1.54) is 6.42 Å². The second kappa shape index (κ2) is 6.41. The first-order valence-corrected chi connectivity index (χ1v) is 6.93. The molecule has 18 heavy (non-hydrogen) atoms. The first kappa shape index (κ1) is 13.7. The average molecular weight is 269 g/mol. The summed E-state index contributed by atoms with van der Waals surface area (Å²) in [4.78, 5) is 2.43. The van der Waals surface area contributed by atoms with E-state index in [2.05, 4.69) is 11.8 Å². The van der Waals surface area contributed by atoms with Crippen molar-refractivity contribution in [1.82, 2.24) is 4.90 Å². The second-order valence-electron chi connectivity index (χ2n) is 4.87. The predicted octanol–water partition coefficient (Wildman–Crippen LogP) is 2.39. The fourth-order valence-electron chi connectivity index (χ4n) is 2.38. The molecular formula is C14H21ClN2O. The Hall–Kier alpha value is -0.770. The van der Waals surface area contributed by atoms with Crippen molar-refractivity contribution >= 4 is 11.6 Å². The predicted molar refractivity (Wildman–Crippen MR) is 75.1 cm³/mol. The van der Waals surface area contributed by atoms with Crippen LogP contribution in [0.5, 0.6) is 5.75 Å².